The van der Waals surface area contributed by atoms with Crippen LogP contribution in [0.15, 0.2) is 18.2 Å². The first-order valence-corrected chi connectivity index (χ1v) is 5.42. The summed E-state index contributed by atoms with van der Waals surface area (Å²) in [4.78, 5) is 0. The largest absolute Gasteiger partial charge is 0.401 e. The van der Waals surface area contributed by atoms with Crippen molar-refractivity contribution in [3.8, 4) is 0 Å². The predicted molar refractivity (Wildman–Crippen MR) is 56.6 cm³/mol. The number of nitrogens with one attached hydrogen (secondary N) is 1. The van der Waals surface area contributed by atoms with Crippen LogP contribution < -0.4 is 5.32 Å². The highest BCUT2D eigenvalue weighted by molar-refractivity contribution is 6.30. The normalized spacial score (nSPS) is 19.9. The first kappa shape index (κ1) is 11.7. The quantitative estimate of drug-likeness (QED) is 0.846. The summed E-state index contributed by atoms with van der Waals surface area (Å²) in [5.41, 5.74) is 1.99. The van der Waals surface area contributed by atoms with E-state index in [1.165, 1.54) is 0 Å². The molecule has 0 fully saturated rings. The number of fused-ring (bicyclic) bond motifs is 1. The summed E-state index contributed by atoms with van der Waals surface area (Å²) >= 11 is 5.82. The Morgan fingerprint density at radius 3 is 2.81 bits per heavy atom. The van der Waals surface area contributed by atoms with Crippen LogP contribution in [0.2, 0.25) is 5.02 Å². The number of rotatable bonds is 2. The molecule has 1 atom stereocenters. The Labute approximate surface area is 96.6 Å². The van der Waals surface area contributed by atoms with Crippen molar-refractivity contribution in [2.24, 2.45) is 0 Å². The highest BCUT2D eigenvalue weighted by Gasteiger charge is 2.30. The molecule has 88 valence electrons. The maximum absolute atomic E-state index is 12.1. The number of benzene rings is 1. The molecule has 2 rings (SSSR count). The molecule has 0 bridgehead atoms. The second-order valence-corrected chi connectivity index (χ2v) is 4.37. The molecular weight excluding hydrogens is 239 g/mol. The first-order chi connectivity index (χ1) is 7.46. The minimum atomic E-state index is -4.16. The van der Waals surface area contributed by atoms with Gasteiger partial charge in [-0.3, -0.25) is 0 Å². The van der Waals surface area contributed by atoms with Crippen LogP contribution in [-0.4, -0.2) is 12.7 Å². The van der Waals surface area contributed by atoms with E-state index in [1.807, 2.05) is 6.07 Å². The predicted octanol–water partition coefficient (Wildman–Crippen LogP) is 3.48. The maximum Gasteiger partial charge on any atom is 0.401 e. The third kappa shape index (κ3) is 2.68. The topological polar surface area (TPSA) is 12.0 Å². The van der Waals surface area contributed by atoms with Crippen molar-refractivity contribution in [2.75, 3.05) is 6.54 Å². The SMILES string of the molecule is FC(F)(F)CNC1CCc2cc(Cl)ccc21. The standard InChI is InChI=1S/C11H11ClF3N/c12-8-2-3-9-7(5-8)1-4-10(9)16-6-11(13,14)15/h2-3,5,10,16H,1,4,6H2. The second-order valence-electron chi connectivity index (χ2n) is 3.93. The van der Waals surface area contributed by atoms with Gasteiger partial charge in [0.05, 0.1) is 6.54 Å². The lowest BCUT2D eigenvalue weighted by Crippen LogP contribution is -2.31. The molecule has 0 spiro atoms. The van der Waals surface area contributed by atoms with Crippen LogP contribution in [0.5, 0.6) is 0 Å². The molecule has 0 radical (unpaired) electrons. The molecule has 0 aromatic heterocycles. The molecule has 1 aliphatic rings. The molecule has 1 unspecified atom stereocenters. The zero-order valence-corrected chi connectivity index (χ0v) is 9.20. The highest BCUT2D eigenvalue weighted by Crippen LogP contribution is 2.33. The van der Waals surface area contributed by atoms with E-state index in [9.17, 15) is 13.2 Å². The van der Waals surface area contributed by atoms with Gasteiger partial charge in [-0.25, -0.2) is 0 Å². The average molecular weight is 250 g/mol. The molecule has 5 heteroatoms. The maximum atomic E-state index is 12.1. The fourth-order valence-electron chi connectivity index (χ4n) is 2.04. The zero-order chi connectivity index (χ0) is 11.8. The highest BCUT2D eigenvalue weighted by atomic mass is 35.5. The zero-order valence-electron chi connectivity index (χ0n) is 8.44. The molecule has 0 heterocycles. The van der Waals surface area contributed by atoms with Gasteiger partial charge in [-0.05, 0) is 36.1 Å². The van der Waals surface area contributed by atoms with Crippen LogP contribution in [0.25, 0.3) is 0 Å². The van der Waals surface area contributed by atoms with E-state index in [0.717, 1.165) is 17.5 Å². The molecule has 0 amide bonds. The summed E-state index contributed by atoms with van der Waals surface area (Å²) in [6.45, 7) is -0.945. The lowest BCUT2D eigenvalue weighted by Gasteiger charge is -2.15. The Morgan fingerprint density at radius 1 is 1.38 bits per heavy atom. The minimum Gasteiger partial charge on any atom is -0.302 e. The third-order valence-corrected chi connectivity index (χ3v) is 2.97. The monoisotopic (exact) mass is 249 g/mol. The molecule has 1 nitrogen and oxygen atoms in total. The van der Waals surface area contributed by atoms with Crippen LogP contribution in [0.4, 0.5) is 13.2 Å². The van der Waals surface area contributed by atoms with E-state index in [-0.39, 0.29) is 6.04 Å². The number of hydrogen-bond acceptors (Lipinski definition) is 1. The first-order valence-electron chi connectivity index (χ1n) is 5.04. The van der Waals surface area contributed by atoms with Crippen molar-refractivity contribution in [1.82, 2.24) is 5.32 Å². The van der Waals surface area contributed by atoms with Crippen LogP contribution in [0.1, 0.15) is 23.6 Å². The van der Waals surface area contributed by atoms with E-state index >= 15 is 0 Å². The molecule has 1 aliphatic carbocycles. The number of alkyl halides is 3. The van der Waals surface area contributed by atoms with Crippen molar-refractivity contribution in [1.29, 1.82) is 0 Å². The Balaban J connectivity index is 2.06. The smallest absolute Gasteiger partial charge is 0.302 e. The number of aryl methyl sites for hydroxylation is 1. The van der Waals surface area contributed by atoms with E-state index < -0.39 is 12.7 Å². The van der Waals surface area contributed by atoms with E-state index in [4.69, 9.17) is 11.6 Å². The molecule has 0 saturated heterocycles. The van der Waals surface area contributed by atoms with Gasteiger partial charge in [-0.15, -0.1) is 0 Å². The Morgan fingerprint density at radius 2 is 2.12 bits per heavy atom. The summed E-state index contributed by atoms with van der Waals surface area (Å²) in [7, 11) is 0. The van der Waals surface area contributed by atoms with Crippen molar-refractivity contribution < 1.29 is 13.2 Å². The molecule has 0 saturated carbocycles. The summed E-state index contributed by atoms with van der Waals surface area (Å²) in [6, 6.07) is 5.15. The number of halogens is 4. The van der Waals surface area contributed by atoms with Gasteiger partial charge >= 0.3 is 6.18 Å². The average Bonchev–Trinajstić information content (AvgIpc) is 2.56. The molecule has 1 aromatic carbocycles. The summed E-state index contributed by atoms with van der Waals surface area (Å²) < 4.78 is 36.2. The lowest BCUT2D eigenvalue weighted by molar-refractivity contribution is -0.126. The third-order valence-electron chi connectivity index (χ3n) is 2.73. The van der Waals surface area contributed by atoms with Gasteiger partial charge in [0, 0.05) is 11.1 Å². The second kappa shape index (κ2) is 4.26. The summed E-state index contributed by atoms with van der Waals surface area (Å²) in [5, 5.41) is 3.16. The summed E-state index contributed by atoms with van der Waals surface area (Å²) in [6.07, 6.45) is -2.67. The fourth-order valence-corrected chi connectivity index (χ4v) is 2.23. The van der Waals surface area contributed by atoms with Gasteiger partial charge in [-0.1, -0.05) is 17.7 Å². The molecular formula is C11H11ClF3N. The van der Waals surface area contributed by atoms with Gasteiger partial charge in [0.25, 0.3) is 0 Å². The van der Waals surface area contributed by atoms with Crippen molar-refractivity contribution in [3.05, 3.63) is 34.3 Å². The minimum absolute atomic E-state index is 0.200. The fraction of sp³-hybridized carbons (Fsp3) is 0.455. The Hall–Kier alpha value is -0.740. The molecule has 1 N–H and O–H groups in total. The number of hydrogen-bond donors (Lipinski definition) is 1. The van der Waals surface area contributed by atoms with Gasteiger partial charge in [-0.2, -0.15) is 13.2 Å². The van der Waals surface area contributed by atoms with Gasteiger partial charge < -0.3 is 5.32 Å². The van der Waals surface area contributed by atoms with Crippen molar-refractivity contribution in [2.45, 2.75) is 25.1 Å². The van der Waals surface area contributed by atoms with E-state index in [2.05, 4.69) is 5.32 Å². The van der Waals surface area contributed by atoms with Gasteiger partial charge in [0.1, 0.15) is 0 Å². The van der Waals surface area contributed by atoms with Crippen molar-refractivity contribution in [3.63, 3.8) is 0 Å². The van der Waals surface area contributed by atoms with Crippen LogP contribution >= 0.6 is 11.6 Å². The van der Waals surface area contributed by atoms with Crippen LogP contribution in [0.3, 0.4) is 0 Å². The molecule has 16 heavy (non-hydrogen) atoms. The molecule has 0 aliphatic heterocycles. The van der Waals surface area contributed by atoms with Gasteiger partial charge in [0.15, 0.2) is 0 Å². The lowest BCUT2D eigenvalue weighted by atomic mass is 10.1. The Kier molecular flexibility index (Phi) is 3.13. The van der Waals surface area contributed by atoms with E-state index in [1.54, 1.807) is 12.1 Å². The van der Waals surface area contributed by atoms with E-state index in [0.29, 0.717) is 11.4 Å². The van der Waals surface area contributed by atoms with Gasteiger partial charge in [0.2, 0.25) is 0 Å². The van der Waals surface area contributed by atoms with Crippen molar-refractivity contribution >= 4 is 11.6 Å². The molecule has 1 aromatic rings. The summed E-state index contributed by atoms with van der Waals surface area (Å²) in [5.74, 6) is 0. The Bertz CT molecular complexity index is 389. The van der Waals surface area contributed by atoms with Crippen LogP contribution in [-0.2, 0) is 6.42 Å². The van der Waals surface area contributed by atoms with Crippen LogP contribution in [0, 0.1) is 0 Å².